The molecule has 6 N–H and O–H groups in total. The molecule has 2 amide bonds. The monoisotopic (exact) mass is 296 g/mol. The summed E-state index contributed by atoms with van der Waals surface area (Å²) in [6, 6.07) is 4.95. The number of amidine groups is 1. The summed E-state index contributed by atoms with van der Waals surface area (Å²) in [7, 11) is 0. The molecule has 8 nitrogen and oxygen atoms in total. The second kappa shape index (κ2) is 5.70. The molecule has 0 aliphatic carbocycles. The van der Waals surface area contributed by atoms with E-state index in [0.29, 0.717) is 11.3 Å². The molecule has 1 aliphatic rings. The molecule has 1 aromatic carbocycles. The first kappa shape index (κ1) is 14.0. The van der Waals surface area contributed by atoms with Crippen LogP contribution in [0.1, 0.15) is 5.56 Å². The van der Waals surface area contributed by atoms with E-state index in [1.807, 2.05) is 0 Å². The van der Waals surface area contributed by atoms with Gasteiger partial charge in [-0.25, -0.2) is 4.79 Å². The van der Waals surface area contributed by atoms with E-state index in [2.05, 4.69) is 10.5 Å². The number of ether oxygens (including phenoxy) is 1. The van der Waals surface area contributed by atoms with Crippen LogP contribution < -0.4 is 16.8 Å². The lowest BCUT2D eigenvalue weighted by molar-refractivity contribution is -0.123. The van der Waals surface area contributed by atoms with Crippen molar-refractivity contribution < 1.29 is 19.5 Å². The third-order valence-corrected chi connectivity index (χ3v) is 3.72. The lowest BCUT2D eigenvalue weighted by atomic mass is 10.2. The van der Waals surface area contributed by atoms with E-state index in [0.717, 1.165) is 4.90 Å². The van der Waals surface area contributed by atoms with Crippen molar-refractivity contribution in [3.05, 3.63) is 23.8 Å². The Kier molecular flexibility index (Phi) is 3.99. The highest BCUT2D eigenvalue weighted by Crippen LogP contribution is 2.32. The second-order valence-corrected chi connectivity index (χ2v) is 4.98. The molecular weight excluding hydrogens is 284 g/mol. The van der Waals surface area contributed by atoms with Crippen LogP contribution in [0.25, 0.3) is 0 Å². The van der Waals surface area contributed by atoms with Crippen LogP contribution in [0.2, 0.25) is 0 Å². The quantitative estimate of drug-likeness (QED) is 0.267. The van der Waals surface area contributed by atoms with Crippen molar-refractivity contribution in [2.24, 2.45) is 16.6 Å². The lowest BCUT2D eigenvalue weighted by Crippen LogP contribution is -2.35. The summed E-state index contributed by atoms with van der Waals surface area (Å²) in [5.41, 5.74) is 11.4. The molecule has 0 fully saturated rings. The summed E-state index contributed by atoms with van der Waals surface area (Å²) in [5.74, 6) is -0.294. The van der Waals surface area contributed by atoms with Gasteiger partial charge in [-0.1, -0.05) is 5.16 Å². The number of primary amides is 1. The summed E-state index contributed by atoms with van der Waals surface area (Å²) in [4.78, 5) is 23.4. The maximum absolute atomic E-state index is 11.9. The number of fused-ring (bicyclic) bond motifs is 1. The fourth-order valence-electron chi connectivity index (χ4n) is 1.65. The minimum absolute atomic E-state index is 0.0683. The Morgan fingerprint density at radius 2 is 2.25 bits per heavy atom. The third kappa shape index (κ3) is 2.94. The molecule has 106 valence electrons. The third-order valence-electron chi connectivity index (χ3n) is 2.58. The fraction of sp³-hybridized carbons (Fsp3) is 0.182. The average molecular weight is 296 g/mol. The fourth-order valence-corrected chi connectivity index (χ4v) is 2.63. The van der Waals surface area contributed by atoms with Gasteiger partial charge in [0.2, 0.25) is 0 Å². The van der Waals surface area contributed by atoms with Gasteiger partial charge in [-0.15, -0.1) is 11.8 Å². The molecule has 20 heavy (non-hydrogen) atoms. The van der Waals surface area contributed by atoms with Gasteiger partial charge < -0.3 is 26.7 Å². The molecule has 0 radical (unpaired) electrons. The second-order valence-electron chi connectivity index (χ2n) is 3.92. The average Bonchev–Trinajstić information content (AvgIpc) is 2.56. The number of benzene rings is 1. The molecule has 0 bridgehead atoms. The Labute approximate surface area is 118 Å². The molecule has 1 aromatic rings. The summed E-state index contributed by atoms with van der Waals surface area (Å²) < 4.78 is 4.73. The normalized spacial score (nSPS) is 18.7. The predicted octanol–water partition coefficient (Wildman–Crippen LogP) is 0.289. The number of hydrogen-bond donors (Lipinski definition) is 4. The van der Waals surface area contributed by atoms with Crippen molar-refractivity contribution in [1.29, 1.82) is 0 Å². The molecule has 2 rings (SSSR count). The van der Waals surface area contributed by atoms with E-state index in [1.54, 1.807) is 18.2 Å². The maximum Gasteiger partial charge on any atom is 0.405 e. The number of nitrogens with two attached hydrogens (primary N) is 2. The number of rotatable bonds is 2. The summed E-state index contributed by atoms with van der Waals surface area (Å²) >= 11 is 1.33. The van der Waals surface area contributed by atoms with Crippen LogP contribution in [0.5, 0.6) is 0 Å². The zero-order valence-electron chi connectivity index (χ0n) is 10.2. The number of nitrogens with zero attached hydrogens (tertiary/aromatic N) is 1. The number of carbonyl (C=O) groups is 2. The zero-order chi connectivity index (χ0) is 14.7. The molecule has 1 aliphatic heterocycles. The zero-order valence-corrected chi connectivity index (χ0v) is 11.0. The summed E-state index contributed by atoms with van der Waals surface area (Å²) in [5, 5.41) is 14.1. The van der Waals surface area contributed by atoms with Crippen LogP contribution in [0, 0.1) is 0 Å². The van der Waals surface area contributed by atoms with Crippen molar-refractivity contribution in [3.63, 3.8) is 0 Å². The van der Waals surface area contributed by atoms with E-state index in [1.165, 1.54) is 11.8 Å². The van der Waals surface area contributed by atoms with Gasteiger partial charge in [0.15, 0.2) is 11.9 Å². The van der Waals surface area contributed by atoms with Gasteiger partial charge in [-0.05, 0) is 18.2 Å². The molecular formula is C11H12N4O4S. The minimum Gasteiger partial charge on any atom is -0.435 e. The SMILES string of the molecule is NC(=O)O[C@H]1CSc2ccc(/C(N)=N/O)cc2NC1=O. The number of hydrogen-bond acceptors (Lipinski definition) is 6. The van der Waals surface area contributed by atoms with Crippen molar-refractivity contribution in [1.82, 2.24) is 0 Å². The first-order valence-corrected chi connectivity index (χ1v) is 6.51. The summed E-state index contributed by atoms with van der Waals surface area (Å²) in [6.45, 7) is 0. The van der Waals surface area contributed by atoms with Gasteiger partial charge >= 0.3 is 6.09 Å². The number of carbonyl (C=O) groups excluding carboxylic acids is 2. The van der Waals surface area contributed by atoms with Crippen LogP contribution in [0.15, 0.2) is 28.3 Å². The minimum atomic E-state index is -1.01. The van der Waals surface area contributed by atoms with E-state index < -0.39 is 18.1 Å². The number of amides is 2. The Bertz CT molecular complexity index is 590. The lowest BCUT2D eigenvalue weighted by Gasteiger charge is -2.11. The van der Waals surface area contributed by atoms with Crippen molar-refractivity contribution in [2.45, 2.75) is 11.0 Å². The van der Waals surface area contributed by atoms with Crippen LogP contribution in [-0.2, 0) is 9.53 Å². The van der Waals surface area contributed by atoms with Gasteiger partial charge in [-0.3, -0.25) is 4.79 Å². The van der Waals surface area contributed by atoms with Gasteiger partial charge in [-0.2, -0.15) is 0 Å². The van der Waals surface area contributed by atoms with E-state index in [-0.39, 0.29) is 11.6 Å². The van der Waals surface area contributed by atoms with Crippen molar-refractivity contribution in [2.75, 3.05) is 11.1 Å². The first-order valence-electron chi connectivity index (χ1n) is 5.53. The van der Waals surface area contributed by atoms with Gasteiger partial charge in [0, 0.05) is 16.2 Å². The topological polar surface area (TPSA) is 140 Å². The number of thioether (sulfide) groups is 1. The first-order chi connectivity index (χ1) is 9.51. The van der Waals surface area contributed by atoms with Crippen LogP contribution in [0.3, 0.4) is 0 Å². The molecule has 9 heteroatoms. The standard InChI is InChI=1S/C11H12N4O4S/c12-9(15-18)5-1-2-8-6(3-5)14-10(16)7(4-20-8)19-11(13)17/h1-3,7,18H,4H2,(H2,12,15)(H2,13,17)(H,14,16)/t7-/m0/s1. The van der Waals surface area contributed by atoms with E-state index in [9.17, 15) is 9.59 Å². The Morgan fingerprint density at radius 3 is 2.90 bits per heavy atom. The Morgan fingerprint density at radius 1 is 1.50 bits per heavy atom. The van der Waals surface area contributed by atoms with Crippen molar-refractivity contribution >= 4 is 35.3 Å². The Balaban J connectivity index is 2.27. The largest absolute Gasteiger partial charge is 0.435 e. The van der Waals surface area contributed by atoms with E-state index >= 15 is 0 Å². The highest BCUT2D eigenvalue weighted by molar-refractivity contribution is 7.99. The summed E-state index contributed by atoms with van der Waals surface area (Å²) in [6.07, 6.45) is -1.97. The molecule has 1 heterocycles. The predicted molar refractivity (Wildman–Crippen MR) is 72.8 cm³/mol. The van der Waals surface area contributed by atoms with Crippen LogP contribution >= 0.6 is 11.8 Å². The van der Waals surface area contributed by atoms with Crippen LogP contribution in [-0.4, -0.2) is 34.9 Å². The molecule has 1 atom stereocenters. The highest BCUT2D eigenvalue weighted by atomic mass is 32.2. The smallest absolute Gasteiger partial charge is 0.405 e. The Hall–Kier alpha value is -2.42. The van der Waals surface area contributed by atoms with Crippen LogP contribution in [0.4, 0.5) is 10.5 Å². The molecule has 0 unspecified atom stereocenters. The molecule has 0 saturated heterocycles. The number of oxime groups is 1. The van der Waals surface area contributed by atoms with Gasteiger partial charge in [0.05, 0.1) is 5.69 Å². The van der Waals surface area contributed by atoms with Gasteiger partial charge in [0.1, 0.15) is 0 Å². The number of anilines is 1. The van der Waals surface area contributed by atoms with E-state index in [4.69, 9.17) is 21.4 Å². The maximum atomic E-state index is 11.9. The molecule has 0 aromatic heterocycles. The van der Waals surface area contributed by atoms with Gasteiger partial charge in [0.25, 0.3) is 5.91 Å². The number of nitrogens with one attached hydrogen (secondary N) is 1. The molecule has 0 spiro atoms. The van der Waals surface area contributed by atoms with Crippen molar-refractivity contribution in [3.8, 4) is 0 Å². The molecule has 0 saturated carbocycles. The highest BCUT2D eigenvalue weighted by Gasteiger charge is 2.27.